The van der Waals surface area contributed by atoms with Crippen molar-refractivity contribution in [2.75, 3.05) is 16.9 Å². The van der Waals surface area contributed by atoms with Crippen molar-refractivity contribution in [2.45, 2.75) is 25.3 Å². The number of aryl methyl sites for hydroxylation is 2. The zero-order valence-corrected chi connectivity index (χ0v) is 18.4. The van der Waals surface area contributed by atoms with Gasteiger partial charge in [-0.1, -0.05) is 29.5 Å². The van der Waals surface area contributed by atoms with E-state index in [2.05, 4.69) is 57.6 Å². The van der Waals surface area contributed by atoms with E-state index in [9.17, 15) is 8.42 Å². The Hall–Kier alpha value is -3.04. The molecule has 2 aromatic heterocycles. The third-order valence-electron chi connectivity index (χ3n) is 4.80. The SMILES string of the molecule is Cc1cccc(C)c1CNc1nc2c(Nc3ccc(S(C)(=O)=O)cc3)ncnc2s1. The van der Waals surface area contributed by atoms with E-state index in [-0.39, 0.29) is 4.90 Å². The lowest BCUT2D eigenvalue weighted by molar-refractivity contribution is 0.602. The molecule has 2 heterocycles. The van der Waals surface area contributed by atoms with Gasteiger partial charge in [0.15, 0.2) is 25.6 Å². The largest absolute Gasteiger partial charge is 0.357 e. The molecule has 0 atom stereocenters. The molecule has 7 nitrogen and oxygen atoms in total. The Morgan fingerprint density at radius 1 is 1.00 bits per heavy atom. The molecular weight excluding hydrogens is 418 g/mol. The van der Waals surface area contributed by atoms with E-state index in [1.54, 1.807) is 24.3 Å². The number of hydrogen-bond acceptors (Lipinski definition) is 8. The first-order valence-electron chi connectivity index (χ1n) is 9.29. The van der Waals surface area contributed by atoms with Crippen LogP contribution in [0.2, 0.25) is 0 Å². The number of aromatic nitrogens is 3. The van der Waals surface area contributed by atoms with E-state index in [0.717, 1.165) is 15.6 Å². The maximum absolute atomic E-state index is 11.6. The molecule has 0 unspecified atom stereocenters. The van der Waals surface area contributed by atoms with Crippen molar-refractivity contribution in [1.29, 1.82) is 0 Å². The van der Waals surface area contributed by atoms with Crippen molar-refractivity contribution in [3.8, 4) is 0 Å². The average Bonchev–Trinajstić information content (AvgIpc) is 3.11. The molecule has 4 rings (SSSR count). The fraction of sp³-hybridized carbons (Fsp3) is 0.190. The maximum Gasteiger partial charge on any atom is 0.185 e. The minimum absolute atomic E-state index is 0.271. The molecule has 0 aliphatic heterocycles. The fourth-order valence-electron chi connectivity index (χ4n) is 3.14. The van der Waals surface area contributed by atoms with Gasteiger partial charge in [-0.25, -0.2) is 23.4 Å². The summed E-state index contributed by atoms with van der Waals surface area (Å²) in [6.45, 7) is 4.89. The molecule has 0 radical (unpaired) electrons. The summed E-state index contributed by atoms with van der Waals surface area (Å²) >= 11 is 1.47. The molecule has 0 saturated carbocycles. The van der Waals surface area contributed by atoms with Crippen LogP contribution in [0.1, 0.15) is 16.7 Å². The normalized spacial score (nSPS) is 11.6. The van der Waals surface area contributed by atoms with Gasteiger partial charge in [0.05, 0.1) is 4.90 Å². The molecule has 0 saturated heterocycles. The zero-order valence-electron chi connectivity index (χ0n) is 16.8. The number of nitrogens with zero attached hydrogens (tertiary/aromatic N) is 3. The number of fused-ring (bicyclic) bond motifs is 1. The van der Waals surface area contributed by atoms with Gasteiger partial charge in [0.25, 0.3) is 0 Å². The number of nitrogens with one attached hydrogen (secondary N) is 2. The highest BCUT2D eigenvalue weighted by Gasteiger charge is 2.12. The van der Waals surface area contributed by atoms with E-state index in [1.807, 2.05) is 0 Å². The minimum atomic E-state index is -3.23. The first-order chi connectivity index (χ1) is 14.3. The van der Waals surface area contributed by atoms with Crippen molar-refractivity contribution in [1.82, 2.24) is 15.0 Å². The Balaban J connectivity index is 1.56. The van der Waals surface area contributed by atoms with Crippen LogP contribution < -0.4 is 10.6 Å². The van der Waals surface area contributed by atoms with Gasteiger partial charge >= 0.3 is 0 Å². The van der Waals surface area contributed by atoms with Crippen LogP contribution in [0.15, 0.2) is 53.7 Å². The first-order valence-corrected chi connectivity index (χ1v) is 12.0. The molecule has 0 aliphatic carbocycles. The summed E-state index contributed by atoms with van der Waals surface area (Å²) in [5, 5.41) is 7.36. The molecule has 0 fully saturated rings. The van der Waals surface area contributed by atoms with E-state index >= 15 is 0 Å². The number of benzene rings is 2. The molecule has 9 heteroatoms. The van der Waals surface area contributed by atoms with Gasteiger partial charge in [-0.2, -0.15) is 0 Å². The number of thiazole rings is 1. The summed E-state index contributed by atoms with van der Waals surface area (Å²) in [7, 11) is -3.23. The molecule has 0 amide bonds. The van der Waals surface area contributed by atoms with Gasteiger partial charge in [0, 0.05) is 18.5 Å². The van der Waals surface area contributed by atoms with Crippen molar-refractivity contribution < 1.29 is 8.42 Å². The second-order valence-corrected chi connectivity index (χ2v) is 10.0. The Morgan fingerprint density at radius 2 is 1.70 bits per heavy atom. The molecule has 154 valence electrons. The summed E-state index contributed by atoms with van der Waals surface area (Å²) in [5.41, 5.74) is 5.12. The summed E-state index contributed by atoms with van der Waals surface area (Å²) in [6.07, 6.45) is 2.68. The summed E-state index contributed by atoms with van der Waals surface area (Å²) in [5.74, 6) is 0.573. The van der Waals surface area contributed by atoms with Crippen LogP contribution >= 0.6 is 11.3 Å². The Kier molecular flexibility index (Phi) is 5.40. The third-order valence-corrected chi connectivity index (χ3v) is 6.85. The van der Waals surface area contributed by atoms with Crippen molar-refractivity contribution >= 4 is 48.2 Å². The van der Waals surface area contributed by atoms with E-state index in [0.29, 0.717) is 17.9 Å². The van der Waals surface area contributed by atoms with Crippen LogP contribution in [-0.4, -0.2) is 29.6 Å². The van der Waals surface area contributed by atoms with E-state index in [1.165, 1.54) is 40.6 Å². The van der Waals surface area contributed by atoms with E-state index < -0.39 is 9.84 Å². The van der Waals surface area contributed by atoms with Gasteiger partial charge in [-0.15, -0.1) is 0 Å². The number of rotatable bonds is 6. The summed E-state index contributed by atoms with van der Waals surface area (Å²) in [6, 6.07) is 12.8. The molecule has 4 aromatic rings. The van der Waals surface area contributed by atoms with Crippen LogP contribution in [0.5, 0.6) is 0 Å². The maximum atomic E-state index is 11.6. The second kappa shape index (κ2) is 8.00. The molecule has 0 bridgehead atoms. The Morgan fingerprint density at radius 3 is 2.37 bits per heavy atom. The minimum Gasteiger partial charge on any atom is -0.357 e. The molecule has 0 aliphatic rings. The Bertz CT molecular complexity index is 1290. The lowest BCUT2D eigenvalue weighted by atomic mass is 10.0. The highest BCUT2D eigenvalue weighted by atomic mass is 32.2. The van der Waals surface area contributed by atoms with Crippen LogP contribution in [0.3, 0.4) is 0 Å². The van der Waals surface area contributed by atoms with Crippen molar-refractivity contribution in [3.63, 3.8) is 0 Å². The summed E-state index contributed by atoms with van der Waals surface area (Å²) < 4.78 is 23.3. The third kappa shape index (κ3) is 4.27. The number of sulfone groups is 1. The standard InChI is InChI=1S/C21H21N5O2S2/c1-13-5-4-6-14(2)17(13)11-22-21-26-18-19(23-12-24-20(18)29-21)25-15-7-9-16(10-8-15)30(3,27)28/h4-10,12H,11H2,1-3H3,(H,22,26)(H,23,24,25). The molecule has 2 N–H and O–H groups in total. The monoisotopic (exact) mass is 439 g/mol. The average molecular weight is 440 g/mol. The lowest BCUT2D eigenvalue weighted by Gasteiger charge is -2.09. The predicted molar refractivity (Wildman–Crippen MR) is 121 cm³/mol. The van der Waals surface area contributed by atoms with Gasteiger partial charge < -0.3 is 10.6 Å². The highest BCUT2D eigenvalue weighted by molar-refractivity contribution is 7.90. The smallest absolute Gasteiger partial charge is 0.185 e. The molecular formula is C21H21N5O2S2. The predicted octanol–water partition coefficient (Wildman–Crippen LogP) is 4.46. The van der Waals surface area contributed by atoms with E-state index in [4.69, 9.17) is 0 Å². The molecule has 2 aromatic carbocycles. The summed E-state index contributed by atoms with van der Waals surface area (Å²) in [4.78, 5) is 14.3. The second-order valence-electron chi connectivity index (χ2n) is 7.04. The van der Waals surface area contributed by atoms with Crippen LogP contribution in [0.25, 0.3) is 10.3 Å². The molecule has 30 heavy (non-hydrogen) atoms. The van der Waals surface area contributed by atoms with Crippen LogP contribution in [0, 0.1) is 13.8 Å². The zero-order chi connectivity index (χ0) is 21.3. The quantitative estimate of drug-likeness (QED) is 0.458. The highest BCUT2D eigenvalue weighted by Crippen LogP contribution is 2.30. The topological polar surface area (TPSA) is 96.9 Å². The van der Waals surface area contributed by atoms with Crippen LogP contribution in [0.4, 0.5) is 16.6 Å². The van der Waals surface area contributed by atoms with Crippen molar-refractivity contribution in [3.05, 3.63) is 65.5 Å². The Labute approximate surface area is 179 Å². The first kappa shape index (κ1) is 20.2. The number of hydrogen-bond donors (Lipinski definition) is 2. The molecule has 0 spiro atoms. The number of anilines is 3. The fourth-order valence-corrected chi connectivity index (χ4v) is 4.57. The van der Waals surface area contributed by atoms with Crippen molar-refractivity contribution in [2.24, 2.45) is 0 Å². The van der Waals surface area contributed by atoms with Gasteiger partial charge in [-0.3, -0.25) is 0 Å². The van der Waals surface area contributed by atoms with Gasteiger partial charge in [0.1, 0.15) is 11.8 Å². The van der Waals surface area contributed by atoms with Gasteiger partial charge in [0.2, 0.25) is 0 Å². The lowest BCUT2D eigenvalue weighted by Crippen LogP contribution is -2.03. The van der Waals surface area contributed by atoms with Gasteiger partial charge in [-0.05, 0) is 54.8 Å². The van der Waals surface area contributed by atoms with Crippen LogP contribution in [-0.2, 0) is 16.4 Å².